The Morgan fingerprint density at radius 1 is 1.47 bits per heavy atom. The standard InChI is InChI=1S/C14H21FN2/c1-3-17(11-7-8-11)14-6-4-5-13(15)12(14)9-10(2)16/h4-6,10-11H,3,7-9,16H2,1-2H3. The molecular formula is C14H21FN2. The number of rotatable bonds is 5. The Balaban J connectivity index is 2.33. The van der Waals surface area contributed by atoms with Crippen LogP contribution in [0.5, 0.6) is 0 Å². The molecule has 2 N–H and O–H groups in total. The van der Waals surface area contributed by atoms with Crippen molar-refractivity contribution in [1.29, 1.82) is 0 Å². The van der Waals surface area contributed by atoms with Gasteiger partial charge in [0.25, 0.3) is 0 Å². The maximum atomic E-state index is 13.9. The third-order valence-corrected chi connectivity index (χ3v) is 3.26. The zero-order valence-corrected chi connectivity index (χ0v) is 10.6. The van der Waals surface area contributed by atoms with Crippen LogP contribution in [-0.2, 0) is 6.42 Å². The van der Waals surface area contributed by atoms with Crippen LogP contribution in [0.15, 0.2) is 18.2 Å². The molecule has 0 amide bonds. The Hall–Kier alpha value is -1.09. The number of nitrogens with zero attached hydrogens (tertiary/aromatic N) is 1. The van der Waals surface area contributed by atoms with Gasteiger partial charge in [0, 0.05) is 29.9 Å². The second-order valence-corrected chi connectivity index (χ2v) is 4.94. The van der Waals surface area contributed by atoms with Crippen LogP contribution in [0.1, 0.15) is 32.3 Å². The highest BCUT2D eigenvalue weighted by atomic mass is 19.1. The number of halogens is 1. The van der Waals surface area contributed by atoms with E-state index in [1.807, 2.05) is 13.0 Å². The monoisotopic (exact) mass is 236 g/mol. The Labute approximate surface area is 103 Å². The number of hydrogen-bond acceptors (Lipinski definition) is 2. The van der Waals surface area contributed by atoms with Crippen molar-refractivity contribution in [2.75, 3.05) is 11.4 Å². The maximum Gasteiger partial charge on any atom is 0.128 e. The molecule has 0 saturated heterocycles. The van der Waals surface area contributed by atoms with Crippen molar-refractivity contribution in [2.45, 2.75) is 45.2 Å². The van der Waals surface area contributed by atoms with Crippen molar-refractivity contribution in [3.8, 4) is 0 Å². The number of nitrogens with two attached hydrogens (primary N) is 1. The minimum absolute atomic E-state index is 0.0106. The fourth-order valence-electron chi connectivity index (χ4n) is 2.35. The average Bonchev–Trinajstić information content (AvgIpc) is 3.07. The van der Waals surface area contributed by atoms with Crippen molar-refractivity contribution < 1.29 is 4.39 Å². The van der Waals surface area contributed by atoms with Gasteiger partial charge in [0.05, 0.1) is 0 Å². The van der Waals surface area contributed by atoms with E-state index in [1.54, 1.807) is 6.07 Å². The molecule has 1 aliphatic carbocycles. The molecule has 1 atom stereocenters. The van der Waals surface area contributed by atoms with Crippen molar-refractivity contribution in [1.82, 2.24) is 0 Å². The number of anilines is 1. The van der Waals surface area contributed by atoms with Crippen LogP contribution < -0.4 is 10.6 Å². The van der Waals surface area contributed by atoms with Gasteiger partial charge in [-0.1, -0.05) is 6.07 Å². The van der Waals surface area contributed by atoms with Crippen LogP contribution in [0, 0.1) is 5.82 Å². The molecule has 1 unspecified atom stereocenters. The zero-order valence-electron chi connectivity index (χ0n) is 10.6. The summed E-state index contributed by atoms with van der Waals surface area (Å²) in [5.74, 6) is -0.126. The summed E-state index contributed by atoms with van der Waals surface area (Å²) in [6, 6.07) is 5.93. The summed E-state index contributed by atoms with van der Waals surface area (Å²) in [7, 11) is 0. The Morgan fingerprint density at radius 3 is 2.71 bits per heavy atom. The SMILES string of the molecule is CCN(c1cccc(F)c1CC(C)N)C1CC1. The molecule has 0 aliphatic heterocycles. The van der Waals surface area contributed by atoms with Gasteiger partial charge in [-0.3, -0.25) is 0 Å². The van der Waals surface area contributed by atoms with Gasteiger partial charge in [-0.15, -0.1) is 0 Å². The molecule has 1 saturated carbocycles. The first-order chi connectivity index (χ1) is 8.13. The molecule has 0 heterocycles. The topological polar surface area (TPSA) is 29.3 Å². The molecular weight excluding hydrogens is 215 g/mol. The normalized spacial score (nSPS) is 16.9. The predicted molar refractivity (Wildman–Crippen MR) is 69.8 cm³/mol. The van der Waals surface area contributed by atoms with E-state index in [0.717, 1.165) is 17.8 Å². The quantitative estimate of drug-likeness (QED) is 0.851. The molecule has 1 aliphatic rings. The van der Waals surface area contributed by atoms with Crippen LogP contribution in [-0.4, -0.2) is 18.6 Å². The van der Waals surface area contributed by atoms with Crippen molar-refractivity contribution in [2.24, 2.45) is 5.73 Å². The van der Waals surface area contributed by atoms with Crippen LogP contribution in [0.25, 0.3) is 0 Å². The molecule has 94 valence electrons. The Kier molecular flexibility index (Phi) is 3.67. The largest absolute Gasteiger partial charge is 0.369 e. The molecule has 1 fully saturated rings. The lowest BCUT2D eigenvalue weighted by Gasteiger charge is -2.26. The van der Waals surface area contributed by atoms with Crippen molar-refractivity contribution in [3.05, 3.63) is 29.6 Å². The number of benzene rings is 1. The summed E-state index contributed by atoms with van der Waals surface area (Å²) in [4.78, 5) is 2.31. The first-order valence-electron chi connectivity index (χ1n) is 6.43. The smallest absolute Gasteiger partial charge is 0.128 e. The summed E-state index contributed by atoms with van der Waals surface area (Å²) in [5.41, 5.74) is 7.62. The van der Waals surface area contributed by atoms with Crippen LogP contribution in [0.4, 0.5) is 10.1 Å². The fourth-order valence-corrected chi connectivity index (χ4v) is 2.35. The maximum absolute atomic E-state index is 13.9. The fraction of sp³-hybridized carbons (Fsp3) is 0.571. The van der Waals surface area contributed by atoms with Gasteiger partial charge in [-0.05, 0) is 45.2 Å². The van der Waals surface area contributed by atoms with E-state index in [2.05, 4.69) is 11.8 Å². The van der Waals surface area contributed by atoms with E-state index in [9.17, 15) is 4.39 Å². The van der Waals surface area contributed by atoms with E-state index >= 15 is 0 Å². The Morgan fingerprint density at radius 2 is 2.18 bits per heavy atom. The molecule has 1 aromatic carbocycles. The lowest BCUT2D eigenvalue weighted by atomic mass is 10.0. The minimum atomic E-state index is -0.126. The molecule has 3 heteroatoms. The molecule has 1 aromatic rings. The zero-order chi connectivity index (χ0) is 12.4. The number of hydrogen-bond donors (Lipinski definition) is 1. The van der Waals surface area contributed by atoms with Crippen LogP contribution >= 0.6 is 0 Å². The van der Waals surface area contributed by atoms with Crippen molar-refractivity contribution in [3.63, 3.8) is 0 Å². The van der Waals surface area contributed by atoms with Gasteiger partial charge in [-0.2, -0.15) is 0 Å². The molecule has 0 spiro atoms. The molecule has 0 bridgehead atoms. The summed E-state index contributed by atoms with van der Waals surface area (Å²) >= 11 is 0. The molecule has 0 radical (unpaired) electrons. The van der Waals surface area contributed by atoms with Crippen LogP contribution in [0.2, 0.25) is 0 Å². The van der Waals surface area contributed by atoms with Crippen molar-refractivity contribution >= 4 is 5.69 Å². The third-order valence-electron chi connectivity index (χ3n) is 3.26. The highest BCUT2D eigenvalue weighted by Crippen LogP contribution is 2.34. The third kappa shape index (κ3) is 2.78. The van der Waals surface area contributed by atoms with E-state index in [4.69, 9.17) is 5.73 Å². The van der Waals surface area contributed by atoms with Gasteiger partial charge in [0.15, 0.2) is 0 Å². The van der Waals surface area contributed by atoms with Gasteiger partial charge in [0.1, 0.15) is 5.82 Å². The predicted octanol–water partition coefficient (Wildman–Crippen LogP) is 2.70. The lowest BCUT2D eigenvalue weighted by molar-refractivity contribution is 0.594. The lowest BCUT2D eigenvalue weighted by Crippen LogP contribution is -2.28. The summed E-state index contributed by atoms with van der Waals surface area (Å²) in [6.07, 6.45) is 3.05. The second-order valence-electron chi connectivity index (χ2n) is 4.94. The van der Waals surface area contributed by atoms with Gasteiger partial charge < -0.3 is 10.6 Å². The average molecular weight is 236 g/mol. The van der Waals surface area contributed by atoms with Gasteiger partial charge in [0.2, 0.25) is 0 Å². The van der Waals surface area contributed by atoms with E-state index in [0.29, 0.717) is 12.5 Å². The van der Waals surface area contributed by atoms with Crippen LogP contribution in [0.3, 0.4) is 0 Å². The molecule has 2 rings (SSSR count). The highest BCUT2D eigenvalue weighted by Gasteiger charge is 2.29. The summed E-state index contributed by atoms with van der Waals surface area (Å²) in [5, 5.41) is 0. The van der Waals surface area contributed by atoms with Gasteiger partial charge in [-0.25, -0.2) is 4.39 Å². The summed E-state index contributed by atoms with van der Waals surface area (Å²) < 4.78 is 13.9. The van der Waals surface area contributed by atoms with E-state index < -0.39 is 0 Å². The molecule has 2 nitrogen and oxygen atoms in total. The molecule has 0 aromatic heterocycles. The first kappa shape index (κ1) is 12.4. The molecule has 17 heavy (non-hydrogen) atoms. The minimum Gasteiger partial charge on any atom is -0.369 e. The summed E-state index contributed by atoms with van der Waals surface area (Å²) in [6.45, 7) is 4.97. The van der Waals surface area contributed by atoms with Gasteiger partial charge >= 0.3 is 0 Å². The second kappa shape index (κ2) is 5.05. The van der Waals surface area contributed by atoms with E-state index in [1.165, 1.54) is 18.9 Å². The highest BCUT2D eigenvalue weighted by molar-refractivity contribution is 5.56. The van der Waals surface area contributed by atoms with E-state index in [-0.39, 0.29) is 11.9 Å². The Bertz CT molecular complexity index is 386. The first-order valence-corrected chi connectivity index (χ1v) is 6.43.